The quantitative estimate of drug-likeness (QED) is 0.815. The number of benzene rings is 1. The third kappa shape index (κ3) is 3.93. The van der Waals surface area contributed by atoms with Gasteiger partial charge in [-0.2, -0.15) is 0 Å². The van der Waals surface area contributed by atoms with Crippen molar-refractivity contribution in [2.75, 3.05) is 26.3 Å². The van der Waals surface area contributed by atoms with E-state index in [4.69, 9.17) is 4.74 Å². The molecule has 1 aromatic carbocycles. The minimum absolute atomic E-state index is 0.293. The van der Waals surface area contributed by atoms with Gasteiger partial charge in [-0.3, -0.25) is 0 Å². The van der Waals surface area contributed by atoms with Crippen molar-refractivity contribution < 1.29 is 4.74 Å². The van der Waals surface area contributed by atoms with Crippen LogP contribution >= 0.6 is 22.6 Å². The fraction of sp³-hybridized carbons (Fsp3) is 0.600. The monoisotopic (exact) mass is 359 g/mol. The molecular weight excluding hydrogens is 337 g/mol. The fourth-order valence-corrected chi connectivity index (χ4v) is 3.04. The maximum atomic E-state index is 5.74. The van der Waals surface area contributed by atoms with Gasteiger partial charge in [0.15, 0.2) is 0 Å². The van der Waals surface area contributed by atoms with Crippen LogP contribution in [-0.2, 0) is 11.2 Å². The van der Waals surface area contributed by atoms with Crippen molar-refractivity contribution in [1.82, 2.24) is 5.32 Å². The zero-order chi connectivity index (χ0) is 12.8. The van der Waals surface area contributed by atoms with Gasteiger partial charge < -0.3 is 10.1 Å². The summed E-state index contributed by atoms with van der Waals surface area (Å²) in [6, 6.07) is 8.90. The molecule has 1 saturated heterocycles. The van der Waals surface area contributed by atoms with Crippen LogP contribution in [0.3, 0.4) is 0 Å². The van der Waals surface area contributed by atoms with Crippen molar-refractivity contribution in [3.63, 3.8) is 0 Å². The van der Waals surface area contributed by atoms with Gasteiger partial charge in [0.2, 0.25) is 0 Å². The summed E-state index contributed by atoms with van der Waals surface area (Å²) >= 11 is 2.36. The second kappa shape index (κ2) is 6.87. The average molecular weight is 359 g/mol. The van der Waals surface area contributed by atoms with E-state index in [1.807, 2.05) is 0 Å². The molecule has 18 heavy (non-hydrogen) atoms. The lowest BCUT2D eigenvalue weighted by Crippen LogP contribution is -2.42. The Hall–Kier alpha value is -0.130. The molecular formula is C15H22INO. The van der Waals surface area contributed by atoms with Crippen molar-refractivity contribution in [3.05, 3.63) is 33.4 Å². The zero-order valence-electron chi connectivity index (χ0n) is 11.0. The van der Waals surface area contributed by atoms with Crippen molar-refractivity contribution >= 4 is 22.6 Å². The molecule has 1 N–H and O–H groups in total. The number of ether oxygens (including phenoxy) is 1. The van der Waals surface area contributed by atoms with Gasteiger partial charge in [-0.25, -0.2) is 0 Å². The van der Waals surface area contributed by atoms with Crippen LogP contribution in [-0.4, -0.2) is 26.3 Å². The van der Waals surface area contributed by atoms with E-state index in [0.717, 1.165) is 32.7 Å². The van der Waals surface area contributed by atoms with Crippen LogP contribution in [0, 0.1) is 8.99 Å². The summed E-state index contributed by atoms with van der Waals surface area (Å²) in [5.41, 5.74) is 1.72. The van der Waals surface area contributed by atoms with E-state index in [0.29, 0.717) is 5.41 Å². The highest BCUT2D eigenvalue weighted by Gasteiger charge is 2.32. The minimum atomic E-state index is 0.293. The number of hydrogen-bond donors (Lipinski definition) is 1. The van der Waals surface area contributed by atoms with Gasteiger partial charge in [0.1, 0.15) is 0 Å². The highest BCUT2D eigenvalue weighted by molar-refractivity contribution is 14.1. The van der Waals surface area contributed by atoms with E-state index < -0.39 is 0 Å². The zero-order valence-corrected chi connectivity index (χ0v) is 13.2. The first kappa shape index (κ1) is 14.3. The molecule has 1 fully saturated rings. The standard InChI is InChI=1S/C15H22INO/c1-2-17-11-15(8-3-9-18-12-15)10-13-4-6-14(16)7-5-13/h4-7,17H,2-3,8-12H2,1H3. The second-order valence-electron chi connectivity index (χ2n) is 5.24. The topological polar surface area (TPSA) is 21.3 Å². The molecule has 0 saturated carbocycles. The molecule has 1 unspecified atom stereocenters. The van der Waals surface area contributed by atoms with Gasteiger partial charge in [0, 0.05) is 22.1 Å². The predicted octanol–water partition coefficient (Wildman–Crippen LogP) is 3.24. The number of hydrogen-bond acceptors (Lipinski definition) is 2. The van der Waals surface area contributed by atoms with Crippen LogP contribution in [0.4, 0.5) is 0 Å². The Morgan fingerprint density at radius 2 is 2.11 bits per heavy atom. The number of nitrogens with one attached hydrogen (secondary N) is 1. The highest BCUT2D eigenvalue weighted by Crippen LogP contribution is 2.32. The van der Waals surface area contributed by atoms with Gasteiger partial charge in [-0.15, -0.1) is 0 Å². The molecule has 0 bridgehead atoms. The first-order valence-corrected chi connectivity index (χ1v) is 7.85. The Morgan fingerprint density at radius 3 is 2.72 bits per heavy atom. The lowest BCUT2D eigenvalue weighted by Gasteiger charge is -2.37. The summed E-state index contributed by atoms with van der Waals surface area (Å²) in [6.07, 6.45) is 3.58. The first-order valence-electron chi connectivity index (χ1n) is 6.77. The molecule has 0 spiro atoms. The van der Waals surface area contributed by atoms with E-state index in [1.165, 1.54) is 22.0 Å². The molecule has 0 aliphatic carbocycles. The summed E-state index contributed by atoms with van der Waals surface area (Å²) < 4.78 is 7.04. The maximum absolute atomic E-state index is 5.74. The number of halogens is 1. The average Bonchev–Trinajstić information content (AvgIpc) is 2.40. The Kier molecular flexibility index (Phi) is 5.45. The van der Waals surface area contributed by atoms with Gasteiger partial charge in [-0.05, 0) is 66.1 Å². The SMILES string of the molecule is CCNCC1(Cc2ccc(I)cc2)CCCOC1. The molecule has 0 radical (unpaired) electrons. The lowest BCUT2D eigenvalue weighted by atomic mass is 9.77. The second-order valence-corrected chi connectivity index (χ2v) is 6.49. The molecule has 1 aromatic rings. The molecule has 2 nitrogen and oxygen atoms in total. The van der Waals surface area contributed by atoms with E-state index >= 15 is 0 Å². The third-order valence-corrected chi connectivity index (χ3v) is 4.37. The van der Waals surface area contributed by atoms with E-state index in [1.54, 1.807) is 0 Å². The molecule has 1 heterocycles. The van der Waals surface area contributed by atoms with Gasteiger partial charge in [0.05, 0.1) is 6.61 Å². The van der Waals surface area contributed by atoms with Crippen LogP contribution in [0.5, 0.6) is 0 Å². The van der Waals surface area contributed by atoms with Gasteiger partial charge in [0.25, 0.3) is 0 Å². The van der Waals surface area contributed by atoms with Gasteiger partial charge >= 0.3 is 0 Å². The van der Waals surface area contributed by atoms with Crippen molar-refractivity contribution in [2.45, 2.75) is 26.2 Å². The van der Waals surface area contributed by atoms with Crippen LogP contribution in [0.15, 0.2) is 24.3 Å². The molecule has 0 amide bonds. The Labute approximate surface area is 124 Å². The Morgan fingerprint density at radius 1 is 1.33 bits per heavy atom. The third-order valence-electron chi connectivity index (χ3n) is 3.65. The van der Waals surface area contributed by atoms with Crippen LogP contribution in [0.2, 0.25) is 0 Å². The van der Waals surface area contributed by atoms with E-state index in [9.17, 15) is 0 Å². The molecule has 0 aromatic heterocycles. The summed E-state index contributed by atoms with van der Waals surface area (Å²) in [4.78, 5) is 0. The van der Waals surface area contributed by atoms with E-state index in [-0.39, 0.29) is 0 Å². The van der Waals surface area contributed by atoms with Gasteiger partial charge in [-0.1, -0.05) is 19.1 Å². The Balaban J connectivity index is 2.06. The largest absolute Gasteiger partial charge is 0.381 e. The smallest absolute Gasteiger partial charge is 0.0537 e. The van der Waals surface area contributed by atoms with Crippen LogP contribution < -0.4 is 5.32 Å². The van der Waals surface area contributed by atoms with Crippen LogP contribution in [0.1, 0.15) is 25.3 Å². The van der Waals surface area contributed by atoms with Crippen molar-refractivity contribution in [1.29, 1.82) is 0 Å². The molecule has 1 atom stereocenters. The summed E-state index contributed by atoms with van der Waals surface area (Å²) in [6.45, 7) is 6.10. The predicted molar refractivity (Wildman–Crippen MR) is 83.9 cm³/mol. The number of rotatable bonds is 5. The fourth-order valence-electron chi connectivity index (χ4n) is 2.68. The van der Waals surface area contributed by atoms with Crippen molar-refractivity contribution in [2.24, 2.45) is 5.41 Å². The molecule has 2 rings (SSSR count). The first-order chi connectivity index (χ1) is 8.74. The highest BCUT2D eigenvalue weighted by atomic mass is 127. The van der Waals surface area contributed by atoms with Crippen molar-refractivity contribution in [3.8, 4) is 0 Å². The normalized spacial score (nSPS) is 24.1. The lowest BCUT2D eigenvalue weighted by molar-refractivity contribution is -0.00690. The molecule has 1 aliphatic rings. The van der Waals surface area contributed by atoms with Crippen LogP contribution in [0.25, 0.3) is 0 Å². The Bertz CT molecular complexity index is 357. The maximum Gasteiger partial charge on any atom is 0.0537 e. The minimum Gasteiger partial charge on any atom is -0.381 e. The summed E-state index contributed by atoms with van der Waals surface area (Å²) in [5.74, 6) is 0. The summed E-state index contributed by atoms with van der Waals surface area (Å²) in [7, 11) is 0. The summed E-state index contributed by atoms with van der Waals surface area (Å²) in [5, 5.41) is 3.51. The molecule has 1 aliphatic heterocycles. The van der Waals surface area contributed by atoms with E-state index in [2.05, 4.69) is 59.1 Å². The molecule has 100 valence electrons. The molecule has 3 heteroatoms.